The number of rotatable bonds is 8. The molecule has 0 aliphatic carbocycles. The van der Waals surface area contributed by atoms with Crippen molar-refractivity contribution in [3.05, 3.63) is 82.7 Å². The molecule has 32 heavy (non-hydrogen) atoms. The predicted octanol–water partition coefficient (Wildman–Crippen LogP) is 4.65. The van der Waals surface area contributed by atoms with Gasteiger partial charge >= 0.3 is 5.97 Å². The van der Waals surface area contributed by atoms with Crippen molar-refractivity contribution >= 4 is 11.9 Å². The molecule has 0 N–H and O–H groups in total. The van der Waals surface area contributed by atoms with E-state index in [4.69, 9.17) is 4.74 Å². The Morgan fingerprint density at radius 2 is 1.69 bits per heavy atom. The van der Waals surface area contributed by atoms with Gasteiger partial charge in [0, 0.05) is 30.3 Å². The van der Waals surface area contributed by atoms with Gasteiger partial charge < -0.3 is 9.64 Å². The standard InChI is InChI=1S/C26H31N3O3/c1-18(2)28(17-21-9-7-6-8-10-21)26(31)22-11-13-23(14-12-22)29-20(4)24(19(3)27-29)15-16-25(30)32-5/h6-14,18H,15-17H2,1-5H3. The molecule has 2 aromatic carbocycles. The third-order valence-corrected chi connectivity index (χ3v) is 5.69. The molecule has 1 amide bonds. The zero-order chi connectivity index (χ0) is 23.3. The minimum Gasteiger partial charge on any atom is -0.469 e. The lowest BCUT2D eigenvalue weighted by molar-refractivity contribution is -0.140. The topological polar surface area (TPSA) is 64.4 Å². The van der Waals surface area contributed by atoms with Crippen molar-refractivity contribution in [1.82, 2.24) is 14.7 Å². The first kappa shape index (κ1) is 23.3. The van der Waals surface area contributed by atoms with Crippen LogP contribution in [0.3, 0.4) is 0 Å². The highest BCUT2D eigenvalue weighted by Gasteiger charge is 2.20. The molecular formula is C26H31N3O3. The number of benzene rings is 2. The predicted molar refractivity (Wildman–Crippen MR) is 125 cm³/mol. The van der Waals surface area contributed by atoms with E-state index in [1.54, 1.807) is 0 Å². The largest absolute Gasteiger partial charge is 0.469 e. The Hall–Kier alpha value is -3.41. The summed E-state index contributed by atoms with van der Waals surface area (Å²) in [5, 5.41) is 4.65. The maximum absolute atomic E-state index is 13.2. The van der Waals surface area contributed by atoms with Gasteiger partial charge in [0.25, 0.3) is 5.91 Å². The molecule has 0 bridgehead atoms. The fourth-order valence-electron chi connectivity index (χ4n) is 3.80. The number of hydrogen-bond donors (Lipinski definition) is 0. The summed E-state index contributed by atoms with van der Waals surface area (Å²) >= 11 is 0. The van der Waals surface area contributed by atoms with Crippen LogP contribution in [0.5, 0.6) is 0 Å². The second kappa shape index (κ2) is 10.3. The Morgan fingerprint density at radius 1 is 1.03 bits per heavy atom. The number of esters is 1. The molecule has 1 aromatic heterocycles. The lowest BCUT2D eigenvalue weighted by Crippen LogP contribution is -2.36. The average molecular weight is 434 g/mol. The zero-order valence-corrected chi connectivity index (χ0v) is 19.5. The van der Waals surface area contributed by atoms with E-state index < -0.39 is 0 Å². The Balaban J connectivity index is 1.79. The van der Waals surface area contributed by atoms with E-state index in [0.717, 1.165) is 28.2 Å². The van der Waals surface area contributed by atoms with E-state index in [-0.39, 0.29) is 17.9 Å². The van der Waals surface area contributed by atoms with Crippen molar-refractivity contribution in [1.29, 1.82) is 0 Å². The second-order valence-electron chi connectivity index (χ2n) is 8.20. The van der Waals surface area contributed by atoms with E-state index in [9.17, 15) is 9.59 Å². The molecule has 3 rings (SSSR count). The van der Waals surface area contributed by atoms with Crippen molar-refractivity contribution in [2.24, 2.45) is 0 Å². The number of hydrogen-bond acceptors (Lipinski definition) is 4. The van der Waals surface area contributed by atoms with Crippen LogP contribution in [0.1, 0.15) is 53.1 Å². The summed E-state index contributed by atoms with van der Waals surface area (Å²) in [5.74, 6) is -0.229. The molecule has 0 aliphatic rings. The summed E-state index contributed by atoms with van der Waals surface area (Å²) in [7, 11) is 1.40. The normalized spacial score (nSPS) is 10.9. The Bertz CT molecular complexity index is 1070. The van der Waals surface area contributed by atoms with E-state index in [0.29, 0.717) is 24.9 Å². The number of ether oxygens (including phenoxy) is 1. The average Bonchev–Trinajstić information content (AvgIpc) is 3.09. The van der Waals surface area contributed by atoms with Crippen LogP contribution in [0.2, 0.25) is 0 Å². The number of aromatic nitrogens is 2. The Morgan fingerprint density at radius 3 is 2.28 bits per heavy atom. The quantitative estimate of drug-likeness (QED) is 0.485. The summed E-state index contributed by atoms with van der Waals surface area (Å²) in [5.41, 5.74) is 5.55. The van der Waals surface area contributed by atoms with Crippen LogP contribution in [0.15, 0.2) is 54.6 Å². The molecule has 0 spiro atoms. The molecule has 1 heterocycles. The lowest BCUT2D eigenvalue weighted by atomic mass is 10.1. The highest BCUT2D eigenvalue weighted by molar-refractivity contribution is 5.94. The van der Waals surface area contributed by atoms with Gasteiger partial charge in [0.1, 0.15) is 0 Å². The molecule has 3 aromatic rings. The van der Waals surface area contributed by atoms with Crippen LogP contribution in [-0.2, 0) is 22.5 Å². The number of amides is 1. The minimum absolute atomic E-state index is 0.00235. The Labute approximate surface area is 189 Å². The molecule has 0 fully saturated rings. The van der Waals surface area contributed by atoms with Crippen molar-refractivity contribution in [2.75, 3.05) is 7.11 Å². The van der Waals surface area contributed by atoms with Gasteiger partial charge in [-0.2, -0.15) is 5.10 Å². The van der Waals surface area contributed by atoms with Gasteiger partial charge in [-0.05, 0) is 69.5 Å². The van der Waals surface area contributed by atoms with Crippen molar-refractivity contribution < 1.29 is 14.3 Å². The number of aryl methyl sites for hydroxylation is 1. The van der Waals surface area contributed by atoms with Crippen LogP contribution in [0.4, 0.5) is 0 Å². The Kier molecular flexibility index (Phi) is 7.46. The summed E-state index contributed by atoms with van der Waals surface area (Å²) in [6, 6.07) is 17.6. The monoisotopic (exact) mass is 433 g/mol. The summed E-state index contributed by atoms with van der Waals surface area (Å²) in [6.07, 6.45) is 0.910. The smallest absolute Gasteiger partial charge is 0.305 e. The number of nitrogens with zero attached hydrogens (tertiary/aromatic N) is 3. The number of carbonyl (C=O) groups is 2. The van der Waals surface area contributed by atoms with Gasteiger partial charge in [0.15, 0.2) is 0 Å². The molecule has 0 aliphatic heterocycles. The fraction of sp³-hybridized carbons (Fsp3) is 0.346. The minimum atomic E-state index is -0.232. The van der Waals surface area contributed by atoms with Gasteiger partial charge in [0.2, 0.25) is 0 Å². The van der Waals surface area contributed by atoms with Gasteiger partial charge in [-0.15, -0.1) is 0 Å². The van der Waals surface area contributed by atoms with Crippen LogP contribution < -0.4 is 0 Å². The molecular weight excluding hydrogens is 402 g/mol. The second-order valence-corrected chi connectivity index (χ2v) is 8.20. The molecule has 168 valence electrons. The van der Waals surface area contributed by atoms with Crippen LogP contribution in [0, 0.1) is 13.8 Å². The van der Waals surface area contributed by atoms with Crippen LogP contribution in [0.25, 0.3) is 5.69 Å². The first-order valence-corrected chi connectivity index (χ1v) is 10.9. The summed E-state index contributed by atoms with van der Waals surface area (Å²) in [4.78, 5) is 26.6. The van der Waals surface area contributed by atoms with Crippen molar-refractivity contribution in [2.45, 2.75) is 53.1 Å². The van der Waals surface area contributed by atoms with E-state index in [2.05, 4.69) is 5.10 Å². The van der Waals surface area contributed by atoms with Gasteiger partial charge in [0.05, 0.1) is 18.5 Å². The fourth-order valence-corrected chi connectivity index (χ4v) is 3.80. The van der Waals surface area contributed by atoms with Gasteiger partial charge in [-0.3, -0.25) is 9.59 Å². The van der Waals surface area contributed by atoms with Crippen LogP contribution >= 0.6 is 0 Å². The third-order valence-electron chi connectivity index (χ3n) is 5.69. The first-order chi connectivity index (χ1) is 15.3. The molecule has 0 unspecified atom stereocenters. The van der Waals surface area contributed by atoms with E-state index in [1.165, 1.54) is 7.11 Å². The maximum atomic E-state index is 13.2. The maximum Gasteiger partial charge on any atom is 0.305 e. The zero-order valence-electron chi connectivity index (χ0n) is 19.5. The van der Waals surface area contributed by atoms with E-state index in [1.807, 2.05) is 91.9 Å². The lowest BCUT2D eigenvalue weighted by Gasteiger charge is -2.27. The van der Waals surface area contributed by atoms with Crippen molar-refractivity contribution in [3.8, 4) is 5.69 Å². The summed E-state index contributed by atoms with van der Waals surface area (Å²) < 4.78 is 6.61. The molecule has 6 heteroatoms. The highest BCUT2D eigenvalue weighted by Crippen LogP contribution is 2.21. The highest BCUT2D eigenvalue weighted by atomic mass is 16.5. The molecule has 0 saturated heterocycles. The van der Waals surface area contributed by atoms with E-state index >= 15 is 0 Å². The van der Waals surface area contributed by atoms with Gasteiger partial charge in [-0.25, -0.2) is 4.68 Å². The summed E-state index contributed by atoms with van der Waals surface area (Å²) in [6.45, 7) is 8.56. The SMILES string of the molecule is COC(=O)CCc1c(C)nn(-c2ccc(C(=O)N(Cc3ccccc3)C(C)C)cc2)c1C. The van der Waals surface area contributed by atoms with Crippen molar-refractivity contribution in [3.63, 3.8) is 0 Å². The van der Waals surface area contributed by atoms with Gasteiger partial charge in [-0.1, -0.05) is 30.3 Å². The van der Waals surface area contributed by atoms with Crippen LogP contribution in [-0.4, -0.2) is 39.7 Å². The molecule has 0 saturated carbocycles. The molecule has 6 nitrogen and oxygen atoms in total. The third kappa shape index (κ3) is 5.25. The molecule has 0 atom stereocenters. The number of carbonyl (C=O) groups excluding carboxylic acids is 2. The number of methoxy groups -OCH3 is 1. The first-order valence-electron chi connectivity index (χ1n) is 10.9. The molecule has 0 radical (unpaired) electrons.